The van der Waals surface area contributed by atoms with Crippen LogP contribution < -0.4 is 15.8 Å². The second kappa shape index (κ2) is 13.7. The Morgan fingerprint density at radius 3 is 2.24 bits per heavy atom. The molecule has 1 atom stereocenters. The number of rotatable bonds is 10. The lowest BCUT2D eigenvalue weighted by Crippen LogP contribution is -2.31. The molecule has 0 aliphatic rings. The number of nitrogens with one attached hydrogen (secondary N) is 2. The standard InChI is InChI=1S/C24H25N3O4.C3H4F2O2/c1-16(23(28)27-14-13-17-5-3-2-4-6-17)15-20-11-12-21(30-20)24(29)31-19-9-7-18(8-10-19)22(25)26;1-3(4,5)2(6)7/h2-12,16H,13-15H2,1H3,(H3,25,26)(H,27,28);1H3,(H,6,7). The number of alkyl halides is 2. The molecule has 11 heteroatoms. The molecule has 2 aromatic carbocycles. The van der Waals surface area contributed by atoms with E-state index in [-0.39, 0.29) is 23.4 Å². The summed E-state index contributed by atoms with van der Waals surface area (Å²) in [5, 5.41) is 17.8. The molecule has 1 aromatic heterocycles. The third-order valence-corrected chi connectivity index (χ3v) is 5.12. The fraction of sp³-hybridized carbons (Fsp3) is 0.259. The van der Waals surface area contributed by atoms with Gasteiger partial charge in [-0.3, -0.25) is 10.2 Å². The lowest BCUT2D eigenvalue weighted by molar-refractivity contribution is -0.161. The fourth-order valence-electron chi connectivity index (χ4n) is 3.00. The van der Waals surface area contributed by atoms with Crippen LogP contribution in [-0.2, 0) is 22.4 Å². The largest absolute Gasteiger partial charge is 0.477 e. The molecule has 202 valence electrons. The number of esters is 1. The Balaban J connectivity index is 0.000000638. The molecule has 0 aliphatic heterocycles. The zero-order chi connectivity index (χ0) is 28.3. The van der Waals surface area contributed by atoms with Crippen LogP contribution in [0.2, 0.25) is 0 Å². The number of carbonyl (C=O) groups is 3. The van der Waals surface area contributed by atoms with Crippen molar-refractivity contribution < 1.29 is 37.4 Å². The topological polar surface area (TPSA) is 156 Å². The summed E-state index contributed by atoms with van der Waals surface area (Å²) in [5.74, 6) is -5.83. The Kier molecular flexibility index (Phi) is 10.7. The predicted octanol–water partition coefficient (Wildman–Crippen LogP) is 4.05. The minimum absolute atomic E-state index is 0.0577. The number of benzene rings is 2. The molecule has 0 saturated heterocycles. The maximum Gasteiger partial charge on any atom is 0.379 e. The first-order chi connectivity index (χ1) is 17.9. The van der Waals surface area contributed by atoms with Gasteiger partial charge in [-0.1, -0.05) is 37.3 Å². The van der Waals surface area contributed by atoms with E-state index < -0.39 is 17.9 Å². The molecule has 0 fully saturated rings. The van der Waals surface area contributed by atoms with Gasteiger partial charge in [0.15, 0.2) is 0 Å². The van der Waals surface area contributed by atoms with E-state index >= 15 is 0 Å². The third kappa shape index (κ3) is 9.84. The summed E-state index contributed by atoms with van der Waals surface area (Å²) in [7, 11) is 0. The average molecular weight is 530 g/mol. The van der Waals surface area contributed by atoms with Crippen molar-refractivity contribution in [1.82, 2.24) is 5.32 Å². The molecule has 9 nitrogen and oxygen atoms in total. The smallest absolute Gasteiger partial charge is 0.379 e. The number of halogens is 2. The van der Waals surface area contributed by atoms with Crippen molar-refractivity contribution in [2.45, 2.75) is 32.6 Å². The number of nitrogens with two attached hydrogens (primary N) is 1. The summed E-state index contributed by atoms with van der Waals surface area (Å²) in [6, 6.07) is 19.5. The highest BCUT2D eigenvalue weighted by atomic mass is 19.3. The number of aliphatic carboxylic acids is 1. The lowest BCUT2D eigenvalue weighted by Gasteiger charge is -2.11. The summed E-state index contributed by atoms with van der Waals surface area (Å²) in [6.45, 7) is 2.70. The van der Waals surface area contributed by atoms with Gasteiger partial charge in [0, 0.05) is 31.4 Å². The van der Waals surface area contributed by atoms with Crippen molar-refractivity contribution in [3.63, 3.8) is 0 Å². The molecule has 1 unspecified atom stereocenters. The molecule has 0 radical (unpaired) electrons. The van der Waals surface area contributed by atoms with E-state index in [1.807, 2.05) is 37.3 Å². The van der Waals surface area contributed by atoms with Gasteiger partial charge < -0.3 is 25.3 Å². The summed E-state index contributed by atoms with van der Waals surface area (Å²) in [6.07, 6.45) is 1.14. The summed E-state index contributed by atoms with van der Waals surface area (Å²) in [4.78, 5) is 33.9. The molecule has 1 amide bonds. The van der Waals surface area contributed by atoms with Crippen LogP contribution in [0.15, 0.2) is 71.1 Å². The maximum atomic E-state index is 12.3. The van der Waals surface area contributed by atoms with Gasteiger partial charge in [-0.25, -0.2) is 9.59 Å². The normalized spacial score (nSPS) is 11.5. The molecule has 1 heterocycles. The average Bonchev–Trinajstić information content (AvgIpc) is 3.33. The van der Waals surface area contributed by atoms with E-state index in [4.69, 9.17) is 25.4 Å². The number of furan rings is 1. The monoisotopic (exact) mass is 529 g/mol. The number of ether oxygens (including phenoxy) is 1. The fourth-order valence-corrected chi connectivity index (χ4v) is 3.00. The van der Waals surface area contributed by atoms with Crippen LogP contribution in [0.1, 0.15) is 41.3 Å². The number of hydrogen-bond donors (Lipinski definition) is 4. The van der Waals surface area contributed by atoms with Gasteiger partial charge in [-0.15, -0.1) is 0 Å². The van der Waals surface area contributed by atoms with E-state index in [2.05, 4.69) is 5.32 Å². The van der Waals surface area contributed by atoms with E-state index in [1.165, 1.54) is 11.6 Å². The summed E-state index contributed by atoms with van der Waals surface area (Å²) >= 11 is 0. The first-order valence-electron chi connectivity index (χ1n) is 11.5. The minimum Gasteiger partial charge on any atom is -0.477 e. The van der Waals surface area contributed by atoms with Gasteiger partial charge in [-0.2, -0.15) is 8.78 Å². The van der Waals surface area contributed by atoms with Crippen LogP contribution >= 0.6 is 0 Å². The van der Waals surface area contributed by atoms with Crippen molar-refractivity contribution >= 4 is 23.7 Å². The highest BCUT2D eigenvalue weighted by molar-refractivity contribution is 5.95. The summed E-state index contributed by atoms with van der Waals surface area (Å²) < 4.78 is 33.3. The van der Waals surface area contributed by atoms with E-state index in [0.717, 1.165) is 6.42 Å². The third-order valence-electron chi connectivity index (χ3n) is 5.12. The van der Waals surface area contributed by atoms with Crippen molar-refractivity contribution in [3.05, 3.63) is 89.4 Å². The Morgan fingerprint density at radius 2 is 1.68 bits per heavy atom. The molecule has 3 rings (SSSR count). The number of hydrogen-bond acceptors (Lipinski definition) is 6. The van der Waals surface area contributed by atoms with Gasteiger partial charge in [-0.05, 0) is 48.4 Å². The van der Waals surface area contributed by atoms with Gasteiger partial charge in [0.05, 0.1) is 0 Å². The van der Waals surface area contributed by atoms with Crippen LogP contribution in [0.4, 0.5) is 8.78 Å². The lowest BCUT2D eigenvalue weighted by atomic mass is 10.1. The Hall–Kier alpha value is -4.54. The number of carboxylic acid groups (broad SMARTS) is 1. The molecular formula is C27H29F2N3O6. The second-order valence-corrected chi connectivity index (χ2v) is 8.42. The maximum absolute atomic E-state index is 12.3. The Bertz CT molecular complexity index is 1240. The van der Waals surface area contributed by atoms with Crippen LogP contribution in [0, 0.1) is 11.3 Å². The van der Waals surface area contributed by atoms with Gasteiger partial charge in [0.2, 0.25) is 11.7 Å². The number of carbonyl (C=O) groups excluding carboxylic acids is 2. The molecular weight excluding hydrogens is 500 g/mol. The van der Waals surface area contributed by atoms with Crippen LogP contribution in [0.5, 0.6) is 5.75 Å². The van der Waals surface area contributed by atoms with Gasteiger partial charge in [0.25, 0.3) is 0 Å². The highest BCUT2D eigenvalue weighted by Gasteiger charge is 2.31. The predicted molar refractivity (Wildman–Crippen MR) is 135 cm³/mol. The Morgan fingerprint density at radius 1 is 1.08 bits per heavy atom. The molecule has 38 heavy (non-hydrogen) atoms. The van der Waals surface area contributed by atoms with Crippen LogP contribution in [-0.4, -0.2) is 41.3 Å². The minimum atomic E-state index is -3.58. The zero-order valence-electron chi connectivity index (χ0n) is 20.9. The van der Waals surface area contributed by atoms with Crippen LogP contribution in [0.25, 0.3) is 0 Å². The molecule has 0 spiro atoms. The van der Waals surface area contributed by atoms with Crippen LogP contribution in [0.3, 0.4) is 0 Å². The zero-order valence-corrected chi connectivity index (χ0v) is 20.9. The van der Waals surface area contributed by atoms with Crippen molar-refractivity contribution in [1.29, 1.82) is 5.41 Å². The Labute approximate surface area is 218 Å². The molecule has 5 N–H and O–H groups in total. The van der Waals surface area contributed by atoms with E-state index in [1.54, 1.807) is 30.3 Å². The van der Waals surface area contributed by atoms with E-state index in [9.17, 15) is 23.2 Å². The molecule has 0 bridgehead atoms. The molecule has 0 saturated carbocycles. The number of carboxylic acids is 1. The van der Waals surface area contributed by atoms with Gasteiger partial charge >= 0.3 is 17.9 Å². The summed E-state index contributed by atoms with van der Waals surface area (Å²) in [5.41, 5.74) is 7.11. The van der Waals surface area contributed by atoms with Crippen molar-refractivity contribution in [3.8, 4) is 5.75 Å². The number of amides is 1. The van der Waals surface area contributed by atoms with Crippen molar-refractivity contribution in [2.75, 3.05) is 6.54 Å². The number of nitrogen functional groups attached to an aromatic ring is 1. The first kappa shape index (κ1) is 29.7. The highest BCUT2D eigenvalue weighted by Crippen LogP contribution is 2.17. The first-order valence-corrected chi connectivity index (χ1v) is 11.5. The quantitative estimate of drug-likeness (QED) is 0.134. The van der Waals surface area contributed by atoms with E-state index in [0.29, 0.717) is 37.0 Å². The van der Waals surface area contributed by atoms with Gasteiger partial charge in [0.1, 0.15) is 17.3 Å². The number of amidine groups is 1. The second-order valence-electron chi connectivity index (χ2n) is 8.42. The SMILES string of the molecule is CC(Cc1ccc(C(=O)Oc2ccc(C(=N)N)cc2)o1)C(=O)NCCc1ccccc1.CC(F)(F)C(=O)O. The molecule has 0 aliphatic carbocycles. The molecule has 3 aromatic rings. The van der Waals surface area contributed by atoms with Crippen molar-refractivity contribution in [2.24, 2.45) is 11.7 Å².